The van der Waals surface area contributed by atoms with Crippen molar-refractivity contribution in [3.8, 4) is 0 Å². The van der Waals surface area contributed by atoms with Crippen LogP contribution in [0.25, 0.3) is 17.0 Å². The van der Waals surface area contributed by atoms with Crippen molar-refractivity contribution in [1.29, 1.82) is 0 Å². The van der Waals surface area contributed by atoms with E-state index in [2.05, 4.69) is 23.7 Å². The smallest absolute Gasteiger partial charge is 0.270 e. The Kier molecular flexibility index (Phi) is 5.22. The van der Waals surface area contributed by atoms with E-state index in [1.54, 1.807) is 24.3 Å². The third kappa shape index (κ3) is 3.32. The number of halogens is 1. The number of carbonyl (C=O) groups excluding carboxylic acids is 2. The Hall–Kier alpha value is -2.96. The molecule has 4 rings (SSSR count). The summed E-state index contributed by atoms with van der Waals surface area (Å²) in [5.74, 6) is -0.988. The third-order valence-electron chi connectivity index (χ3n) is 5.21. The Morgan fingerprint density at radius 3 is 2.57 bits per heavy atom. The summed E-state index contributed by atoms with van der Waals surface area (Å²) in [4.78, 5) is 27.4. The first-order chi connectivity index (χ1) is 14.3. The summed E-state index contributed by atoms with van der Waals surface area (Å²) in [6, 6.07) is 13.4. The molecule has 2 heterocycles. The second-order valence-electron chi connectivity index (χ2n) is 7.44. The number of amides is 2. The Morgan fingerprint density at radius 2 is 1.83 bits per heavy atom. The summed E-state index contributed by atoms with van der Waals surface area (Å²) >= 11 is 11.5. The third-order valence-corrected chi connectivity index (χ3v) is 5.90. The lowest BCUT2D eigenvalue weighted by Crippen LogP contribution is -2.54. The molecule has 2 aromatic carbocycles. The maximum Gasteiger partial charge on any atom is 0.270 e. The van der Waals surface area contributed by atoms with Crippen LogP contribution >= 0.6 is 23.8 Å². The van der Waals surface area contributed by atoms with Gasteiger partial charge < -0.3 is 4.57 Å². The molecule has 0 spiro atoms. The van der Waals surface area contributed by atoms with Gasteiger partial charge in [-0.25, -0.2) is 0 Å². The number of hydrogen-bond acceptors (Lipinski definition) is 3. The van der Waals surface area contributed by atoms with E-state index in [4.69, 9.17) is 23.8 Å². The predicted octanol–water partition coefficient (Wildman–Crippen LogP) is 5.02. The minimum atomic E-state index is -0.512. The second-order valence-corrected chi connectivity index (χ2v) is 8.24. The van der Waals surface area contributed by atoms with Crippen LogP contribution < -0.4 is 10.2 Å². The molecule has 0 aliphatic carbocycles. The maximum absolute atomic E-state index is 13.4. The van der Waals surface area contributed by atoms with Gasteiger partial charge in [0.05, 0.1) is 5.69 Å². The van der Waals surface area contributed by atoms with Crippen molar-refractivity contribution in [2.45, 2.75) is 26.8 Å². The molecule has 1 aliphatic rings. The minimum Gasteiger partial charge on any atom is -0.344 e. The Balaban J connectivity index is 1.85. The molecule has 0 radical (unpaired) electrons. The van der Waals surface area contributed by atoms with Crippen molar-refractivity contribution in [2.24, 2.45) is 0 Å². The molecule has 0 unspecified atom stereocenters. The first-order valence-corrected chi connectivity index (χ1v) is 10.3. The van der Waals surface area contributed by atoms with Gasteiger partial charge in [-0.1, -0.05) is 35.9 Å². The number of aromatic nitrogens is 1. The van der Waals surface area contributed by atoms with Gasteiger partial charge in [0.25, 0.3) is 11.8 Å². The lowest BCUT2D eigenvalue weighted by atomic mass is 10.1. The van der Waals surface area contributed by atoms with E-state index in [0.717, 1.165) is 16.5 Å². The molecule has 0 atom stereocenters. The van der Waals surface area contributed by atoms with Crippen LogP contribution in [0.1, 0.15) is 31.0 Å². The highest BCUT2D eigenvalue weighted by Crippen LogP contribution is 2.31. The zero-order chi connectivity index (χ0) is 21.6. The molecule has 1 aliphatic heterocycles. The number of thiocarbonyl (C=S) groups is 1. The van der Waals surface area contributed by atoms with Crippen molar-refractivity contribution >= 4 is 63.4 Å². The van der Waals surface area contributed by atoms with Crippen LogP contribution in [-0.2, 0) is 9.59 Å². The summed E-state index contributed by atoms with van der Waals surface area (Å²) in [6.07, 6.45) is 3.60. The lowest BCUT2D eigenvalue weighted by molar-refractivity contribution is -0.122. The van der Waals surface area contributed by atoms with Crippen molar-refractivity contribution in [3.63, 3.8) is 0 Å². The lowest BCUT2D eigenvalue weighted by Gasteiger charge is -2.30. The SMILES string of the molecule is Cc1c(Cl)cccc1N1C(=O)C(=Cc2cn(C(C)C)c3ccccc23)C(=O)NC1=S. The number of fused-ring (bicyclic) bond motifs is 1. The molecule has 3 aromatic rings. The Labute approximate surface area is 184 Å². The predicted molar refractivity (Wildman–Crippen MR) is 125 cm³/mol. The number of benzene rings is 2. The van der Waals surface area contributed by atoms with E-state index in [9.17, 15) is 9.59 Å². The molecular formula is C23H20ClN3O2S. The van der Waals surface area contributed by atoms with E-state index >= 15 is 0 Å². The molecule has 1 N–H and O–H groups in total. The van der Waals surface area contributed by atoms with Crippen molar-refractivity contribution < 1.29 is 9.59 Å². The molecule has 0 saturated carbocycles. The maximum atomic E-state index is 13.4. The zero-order valence-corrected chi connectivity index (χ0v) is 18.3. The molecular weight excluding hydrogens is 418 g/mol. The first-order valence-electron chi connectivity index (χ1n) is 9.55. The number of anilines is 1. The second kappa shape index (κ2) is 7.70. The van der Waals surface area contributed by atoms with Gasteiger partial charge in [-0.15, -0.1) is 0 Å². The molecule has 2 amide bonds. The number of para-hydroxylation sites is 1. The van der Waals surface area contributed by atoms with Crippen LogP contribution in [-0.4, -0.2) is 21.5 Å². The minimum absolute atomic E-state index is 0.0228. The number of nitrogens with zero attached hydrogens (tertiary/aromatic N) is 2. The molecule has 5 nitrogen and oxygen atoms in total. The fraction of sp³-hybridized carbons (Fsp3) is 0.174. The van der Waals surface area contributed by atoms with Crippen LogP contribution in [0.4, 0.5) is 5.69 Å². The Bertz CT molecular complexity index is 1240. The van der Waals surface area contributed by atoms with Crippen LogP contribution in [0.3, 0.4) is 0 Å². The van der Waals surface area contributed by atoms with Gasteiger partial charge in [0.15, 0.2) is 5.11 Å². The summed E-state index contributed by atoms with van der Waals surface area (Å²) < 4.78 is 2.12. The van der Waals surface area contributed by atoms with Crippen LogP contribution in [0, 0.1) is 6.92 Å². The normalized spacial score (nSPS) is 16.1. The highest BCUT2D eigenvalue weighted by Gasteiger charge is 2.35. The standard InChI is InChI=1S/C23H20ClN3O2S/c1-13(2)26-12-15(16-7-4-5-9-20(16)26)11-17-21(28)25-23(30)27(22(17)29)19-10-6-8-18(24)14(19)3/h4-13H,1-3H3,(H,25,28,30). The molecule has 0 bridgehead atoms. The zero-order valence-electron chi connectivity index (χ0n) is 16.8. The largest absolute Gasteiger partial charge is 0.344 e. The molecule has 30 heavy (non-hydrogen) atoms. The van der Waals surface area contributed by atoms with Crippen molar-refractivity contribution in [2.75, 3.05) is 4.90 Å². The van der Waals surface area contributed by atoms with E-state index < -0.39 is 11.8 Å². The fourth-order valence-corrected chi connectivity index (χ4v) is 4.09. The van der Waals surface area contributed by atoms with E-state index in [1.165, 1.54) is 4.90 Å². The van der Waals surface area contributed by atoms with Crippen molar-refractivity contribution in [3.05, 3.63) is 70.4 Å². The van der Waals surface area contributed by atoms with Crippen molar-refractivity contribution in [1.82, 2.24) is 9.88 Å². The number of rotatable bonds is 3. The molecule has 1 fully saturated rings. The number of carbonyl (C=O) groups is 2. The molecule has 1 aromatic heterocycles. The summed E-state index contributed by atoms with van der Waals surface area (Å²) in [7, 11) is 0. The number of hydrogen-bond donors (Lipinski definition) is 1. The highest BCUT2D eigenvalue weighted by molar-refractivity contribution is 7.80. The summed E-state index contributed by atoms with van der Waals surface area (Å²) in [6.45, 7) is 5.98. The van der Waals surface area contributed by atoms with Gasteiger partial charge in [0.1, 0.15) is 5.57 Å². The van der Waals surface area contributed by atoms with Gasteiger partial charge in [-0.3, -0.25) is 19.8 Å². The van der Waals surface area contributed by atoms with Crippen LogP contribution in [0.2, 0.25) is 5.02 Å². The monoisotopic (exact) mass is 437 g/mol. The molecule has 7 heteroatoms. The van der Waals surface area contributed by atoms with Gasteiger partial charge >= 0.3 is 0 Å². The van der Waals surface area contributed by atoms with Gasteiger partial charge in [-0.05, 0) is 62.8 Å². The quantitative estimate of drug-likeness (QED) is 0.356. The number of nitrogens with one attached hydrogen (secondary N) is 1. The van der Waals surface area contributed by atoms with E-state index in [1.807, 2.05) is 37.4 Å². The average molecular weight is 438 g/mol. The molecule has 152 valence electrons. The Morgan fingerprint density at radius 1 is 1.10 bits per heavy atom. The van der Waals surface area contributed by atoms with Crippen LogP contribution in [0.15, 0.2) is 54.2 Å². The average Bonchev–Trinajstić information content (AvgIpc) is 3.07. The topological polar surface area (TPSA) is 54.3 Å². The van der Waals surface area contributed by atoms with Gasteiger partial charge in [0, 0.05) is 33.7 Å². The summed E-state index contributed by atoms with van der Waals surface area (Å²) in [5.41, 5.74) is 3.12. The van der Waals surface area contributed by atoms with Gasteiger partial charge in [0.2, 0.25) is 0 Å². The van der Waals surface area contributed by atoms with E-state index in [0.29, 0.717) is 16.3 Å². The molecule has 1 saturated heterocycles. The fourth-order valence-electron chi connectivity index (χ4n) is 3.64. The van der Waals surface area contributed by atoms with Crippen LogP contribution in [0.5, 0.6) is 0 Å². The first kappa shape index (κ1) is 20.3. The highest BCUT2D eigenvalue weighted by atomic mass is 35.5. The van der Waals surface area contributed by atoms with Gasteiger partial charge in [-0.2, -0.15) is 0 Å². The summed E-state index contributed by atoms with van der Waals surface area (Å²) in [5, 5.41) is 4.16. The van der Waals surface area contributed by atoms with E-state index in [-0.39, 0.29) is 16.7 Å².